The molecule has 3 N–H and O–H groups in total. The minimum atomic E-state index is -4.58. The van der Waals surface area contributed by atoms with Gasteiger partial charge in [-0.25, -0.2) is 9.97 Å². The third kappa shape index (κ3) is 5.59. The summed E-state index contributed by atoms with van der Waals surface area (Å²) in [5, 5.41) is 2.51. The lowest BCUT2D eigenvalue weighted by molar-refractivity contribution is -0.137. The van der Waals surface area contributed by atoms with Gasteiger partial charge in [0.15, 0.2) is 5.82 Å². The van der Waals surface area contributed by atoms with E-state index in [4.69, 9.17) is 22.1 Å². The van der Waals surface area contributed by atoms with Gasteiger partial charge in [-0.05, 0) is 47.7 Å². The Morgan fingerprint density at radius 3 is 2.58 bits per heavy atom. The van der Waals surface area contributed by atoms with Crippen LogP contribution >= 0.6 is 11.6 Å². The van der Waals surface area contributed by atoms with E-state index in [0.717, 1.165) is 17.2 Å². The van der Waals surface area contributed by atoms with Crippen molar-refractivity contribution < 1.29 is 22.7 Å². The number of carbonyl (C=O) groups excluding carboxylic acids is 1. The molecule has 4 rings (SSSR count). The number of hydrogen-bond acceptors (Lipinski definition) is 5. The van der Waals surface area contributed by atoms with Gasteiger partial charge < -0.3 is 15.8 Å². The van der Waals surface area contributed by atoms with E-state index in [0.29, 0.717) is 36.6 Å². The van der Waals surface area contributed by atoms with Crippen LogP contribution in [0, 0.1) is 0 Å². The van der Waals surface area contributed by atoms with Gasteiger partial charge in [-0.2, -0.15) is 13.2 Å². The van der Waals surface area contributed by atoms with Crippen LogP contribution in [0.1, 0.15) is 52.4 Å². The maximum absolute atomic E-state index is 13.4. The molecule has 0 bridgehead atoms. The monoisotopic (exact) mass is 516 g/mol. The molecule has 3 aromatic rings. The van der Waals surface area contributed by atoms with Crippen molar-refractivity contribution in [2.24, 2.45) is 5.73 Å². The second kappa shape index (κ2) is 10.8. The number of aromatic nitrogens is 2. The van der Waals surface area contributed by atoms with Crippen LogP contribution in [-0.4, -0.2) is 29.1 Å². The predicted octanol–water partition coefficient (Wildman–Crippen LogP) is 5.57. The van der Waals surface area contributed by atoms with Gasteiger partial charge in [0.05, 0.1) is 29.8 Å². The standard InChI is InChI=1S/C26H24ClF3N4O2/c1-15(33-25(35)21-8-11-32-24(34-21)18-9-12-36-13-10-18)16-2-4-17(5-3-16)22-19(14-31)6-7-20(23(22)27)26(28,29)30/h2-9,11,15H,10,12-14,31H2,1H3,(H,33,35)/t15-/m1/s1. The summed E-state index contributed by atoms with van der Waals surface area (Å²) in [7, 11) is 0. The fourth-order valence-corrected chi connectivity index (χ4v) is 4.38. The Morgan fingerprint density at radius 2 is 1.94 bits per heavy atom. The van der Waals surface area contributed by atoms with Crippen LogP contribution in [0.25, 0.3) is 16.7 Å². The van der Waals surface area contributed by atoms with E-state index in [9.17, 15) is 18.0 Å². The first kappa shape index (κ1) is 25.8. The number of ether oxygens (including phenoxy) is 1. The normalized spacial score (nSPS) is 14.8. The zero-order valence-electron chi connectivity index (χ0n) is 19.4. The molecule has 0 radical (unpaired) electrons. The number of alkyl halides is 3. The highest BCUT2D eigenvalue weighted by molar-refractivity contribution is 6.34. The molecule has 10 heteroatoms. The Labute approximate surface area is 211 Å². The molecule has 0 fully saturated rings. The largest absolute Gasteiger partial charge is 0.417 e. The summed E-state index contributed by atoms with van der Waals surface area (Å²) < 4.78 is 45.4. The van der Waals surface area contributed by atoms with Gasteiger partial charge in [-0.1, -0.05) is 48.0 Å². The average Bonchev–Trinajstić information content (AvgIpc) is 2.88. The van der Waals surface area contributed by atoms with E-state index in [-0.39, 0.29) is 23.7 Å². The summed E-state index contributed by atoms with van der Waals surface area (Å²) in [5.41, 5.74) is 8.01. The van der Waals surface area contributed by atoms with Crippen molar-refractivity contribution in [2.75, 3.05) is 13.2 Å². The number of nitrogens with two attached hydrogens (primary N) is 1. The number of carbonyl (C=O) groups is 1. The lowest BCUT2D eigenvalue weighted by Crippen LogP contribution is -2.27. The topological polar surface area (TPSA) is 90.1 Å². The second-order valence-electron chi connectivity index (χ2n) is 8.30. The number of nitrogens with one attached hydrogen (secondary N) is 1. The molecule has 1 aromatic heterocycles. The van der Waals surface area contributed by atoms with Gasteiger partial charge in [-0.15, -0.1) is 0 Å². The molecule has 1 atom stereocenters. The maximum Gasteiger partial charge on any atom is 0.417 e. The number of rotatable bonds is 6. The summed E-state index contributed by atoms with van der Waals surface area (Å²) in [6.45, 7) is 2.91. The fourth-order valence-electron chi connectivity index (χ4n) is 3.98. The molecule has 0 unspecified atom stereocenters. The first-order valence-corrected chi connectivity index (χ1v) is 11.7. The smallest absolute Gasteiger partial charge is 0.377 e. The molecule has 188 valence electrons. The van der Waals surface area contributed by atoms with Crippen molar-refractivity contribution in [1.82, 2.24) is 15.3 Å². The van der Waals surface area contributed by atoms with Crippen molar-refractivity contribution in [2.45, 2.75) is 32.1 Å². The van der Waals surface area contributed by atoms with Crippen LogP contribution in [0.3, 0.4) is 0 Å². The first-order chi connectivity index (χ1) is 17.2. The Bertz CT molecular complexity index is 1290. The van der Waals surface area contributed by atoms with Gasteiger partial charge in [0.1, 0.15) is 5.69 Å². The Kier molecular flexibility index (Phi) is 7.73. The van der Waals surface area contributed by atoms with E-state index < -0.39 is 22.8 Å². The summed E-state index contributed by atoms with van der Waals surface area (Å²) in [4.78, 5) is 21.5. The zero-order chi connectivity index (χ0) is 25.9. The lowest BCUT2D eigenvalue weighted by atomic mass is 9.95. The zero-order valence-corrected chi connectivity index (χ0v) is 20.2. The molecule has 1 aliphatic rings. The molecular weight excluding hydrogens is 493 g/mol. The van der Waals surface area contributed by atoms with Gasteiger partial charge in [-0.3, -0.25) is 4.79 Å². The Hall–Kier alpha value is -3.27. The van der Waals surface area contributed by atoms with E-state index in [1.54, 1.807) is 43.5 Å². The van der Waals surface area contributed by atoms with Crippen molar-refractivity contribution in [3.8, 4) is 11.1 Å². The maximum atomic E-state index is 13.4. The molecule has 0 saturated heterocycles. The fraction of sp³-hybridized carbons (Fsp3) is 0.269. The van der Waals surface area contributed by atoms with Gasteiger partial charge in [0.2, 0.25) is 0 Å². The van der Waals surface area contributed by atoms with Gasteiger partial charge in [0.25, 0.3) is 5.91 Å². The van der Waals surface area contributed by atoms with Crippen LogP contribution < -0.4 is 11.1 Å². The summed E-state index contributed by atoms with van der Waals surface area (Å²) in [5.74, 6) is 0.130. The SMILES string of the molecule is C[C@@H](NC(=O)c1ccnc(C2=CCOCC2)n1)c1ccc(-c2c(CN)ccc(C(F)(F)F)c2Cl)cc1. The predicted molar refractivity (Wildman–Crippen MR) is 131 cm³/mol. The van der Waals surface area contributed by atoms with Crippen molar-refractivity contribution in [1.29, 1.82) is 0 Å². The number of benzene rings is 2. The first-order valence-electron chi connectivity index (χ1n) is 11.3. The summed E-state index contributed by atoms with van der Waals surface area (Å²) >= 11 is 6.16. The van der Waals surface area contributed by atoms with Crippen LogP contribution in [0.4, 0.5) is 13.2 Å². The van der Waals surface area contributed by atoms with E-state index >= 15 is 0 Å². The molecule has 36 heavy (non-hydrogen) atoms. The molecule has 0 aliphatic carbocycles. The molecule has 0 saturated carbocycles. The molecule has 1 aliphatic heterocycles. The quantitative estimate of drug-likeness (QED) is 0.447. The Balaban J connectivity index is 1.53. The molecular formula is C26H24ClF3N4O2. The Morgan fingerprint density at radius 1 is 1.19 bits per heavy atom. The van der Waals surface area contributed by atoms with E-state index in [1.165, 1.54) is 6.07 Å². The summed E-state index contributed by atoms with van der Waals surface area (Å²) in [6, 6.07) is 10.2. The number of nitrogens with zero attached hydrogens (tertiary/aromatic N) is 2. The second-order valence-corrected chi connectivity index (χ2v) is 8.68. The van der Waals surface area contributed by atoms with E-state index in [2.05, 4.69) is 15.3 Å². The minimum Gasteiger partial charge on any atom is -0.377 e. The molecule has 1 amide bonds. The van der Waals surface area contributed by atoms with Crippen LogP contribution in [-0.2, 0) is 17.5 Å². The number of halogens is 4. The van der Waals surface area contributed by atoms with Crippen LogP contribution in [0.5, 0.6) is 0 Å². The minimum absolute atomic E-state index is 0.0340. The highest BCUT2D eigenvalue weighted by Crippen LogP contribution is 2.41. The highest BCUT2D eigenvalue weighted by atomic mass is 35.5. The average molecular weight is 517 g/mol. The van der Waals surface area contributed by atoms with Crippen molar-refractivity contribution in [3.05, 3.63) is 88.0 Å². The number of hydrogen-bond donors (Lipinski definition) is 2. The van der Waals surface area contributed by atoms with Crippen molar-refractivity contribution in [3.63, 3.8) is 0 Å². The molecule has 2 aromatic carbocycles. The van der Waals surface area contributed by atoms with E-state index in [1.807, 2.05) is 6.08 Å². The lowest BCUT2D eigenvalue weighted by Gasteiger charge is -2.18. The van der Waals surface area contributed by atoms with Gasteiger partial charge in [0, 0.05) is 18.3 Å². The molecule has 0 spiro atoms. The molecule has 2 heterocycles. The number of amides is 1. The highest BCUT2D eigenvalue weighted by Gasteiger charge is 2.34. The summed E-state index contributed by atoms with van der Waals surface area (Å²) in [6.07, 6.45) is -0.465. The van der Waals surface area contributed by atoms with Crippen LogP contribution in [0.2, 0.25) is 5.02 Å². The van der Waals surface area contributed by atoms with Crippen LogP contribution in [0.15, 0.2) is 54.7 Å². The molecule has 6 nitrogen and oxygen atoms in total. The van der Waals surface area contributed by atoms with Crippen molar-refractivity contribution >= 4 is 23.1 Å². The van der Waals surface area contributed by atoms with Gasteiger partial charge >= 0.3 is 6.18 Å². The third-order valence-electron chi connectivity index (χ3n) is 5.94. The third-order valence-corrected chi connectivity index (χ3v) is 6.33.